The maximum Gasteiger partial charge on any atom is 0.372 e. The van der Waals surface area contributed by atoms with E-state index < -0.39 is 40.5 Å². The molecular formula is C23H26Cl2FNO7S. The third-order valence-electron chi connectivity index (χ3n) is 4.90. The minimum absolute atomic E-state index is 0.00221. The van der Waals surface area contributed by atoms with Crippen LogP contribution in [0.4, 0.5) is 14.9 Å². The number of esters is 1. The molecule has 0 fully saturated rings. The Balaban J connectivity index is 2.47. The quantitative estimate of drug-likeness (QED) is 0.168. The molecule has 0 N–H and O–H groups in total. The largest absolute Gasteiger partial charge is 0.460 e. The lowest BCUT2D eigenvalue weighted by atomic mass is 9.90. The lowest BCUT2D eigenvalue weighted by molar-refractivity contribution is -0.141. The van der Waals surface area contributed by atoms with Gasteiger partial charge in [0.05, 0.1) is 23.9 Å². The molecule has 0 aliphatic heterocycles. The number of halogens is 3. The smallest absolute Gasteiger partial charge is 0.372 e. The number of amides is 2. The van der Waals surface area contributed by atoms with Crippen molar-refractivity contribution in [2.45, 2.75) is 44.4 Å². The van der Waals surface area contributed by atoms with E-state index in [4.69, 9.17) is 37.4 Å². The maximum atomic E-state index is 15.0. The van der Waals surface area contributed by atoms with Gasteiger partial charge in [0, 0.05) is 22.6 Å². The number of anilines is 1. The number of nitrogens with zero attached hydrogens (tertiary/aromatic N) is 1. The molecule has 1 aromatic carbocycles. The third-order valence-corrected chi connectivity index (χ3v) is 6.40. The van der Waals surface area contributed by atoms with Gasteiger partial charge in [0.1, 0.15) is 18.3 Å². The number of ether oxygens (including phenoxy) is 3. The van der Waals surface area contributed by atoms with E-state index in [9.17, 15) is 23.6 Å². The fourth-order valence-electron chi connectivity index (χ4n) is 3.35. The summed E-state index contributed by atoms with van der Waals surface area (Å²) in [5.41, 5.74) is -0.273. The summed E-state index contributed by atoms with van der Waals surface area (Å²) in [7, 11) is 0. The molecule has 192 valence electrons. The summed E-state index contributed by atoms with van der Waals surface area (Å²) in [6.07, 6.45) is 1.70. The number of thioether (sulfide) groups is 1. The van der Waals surface area contributed by atoms with E-state index in [0.29, 0.717) is 36.1 Å². The van der Waals surface area contributed by atoms with Gasteiger partial charge in [-0.05, 0) is 63.4 Å². The van der Waals surface area contributed by atoms with E-state index in [2.05, 4.69) is 0 Å². The zero-order valence-electron chi connectivity index (χ0n) is 19.4. The van der Waals surface area contributed by atoms with Crippen molar-refractivity contribution in [1.82, 2.24) is 0 Å². The molecule has 0 spiro atoms. The van der Waals surface area contributed by atoms with Gasteiger partial charge in [0.15, 0.2) is 0 Å². The number of carbonyl (C=O) groups is 4. The molecule has 2 amide bonds. The van der Waals surface area contributed by atoms with Crippen molar-refractivity contribution in [1.29, 1.82) is 0 Å². The summed E-state index contributed by atoms with van der Waals surface area (Å²) < 4.78 is 30.2. The van der Waals surface area contributed by atoms with Crippen LogP contribution < -0.4 is 4.90 Å². The molecule has 0 aromatic heterocycles. The fraction of sp³-hybridized carbons (Fsp3) is 0.478. The first kappa shape index (κ1) is 29.1. The van der Waals surface area contributed by atoms with Gasteiger partial charge in [0.2, 0.25) is 5.91 Å². The number of hydrogen-bond acceptors (Lipinski definition) is 8. The first-order valence-corrected chi connectivity index (χ1v) is 12.7. The monoisotopic (exact) mass is 549 g/mol. The fourth-order valence-corrected chi connectivity index (χ4v) is 4.42. The second-order valence-electron chi connectivity index (χ2n) is 7.18. The highest BCUT2D eigenvalue weighted by molar-refractivity contribution is 8.13. The van der Waals surface area contributed by atoms with Gasteiger partial charge < -0.3 is 14.2 Å². The minimum atomic E-state index is -0.979. The molecule has 1 aromatic rings. The number of carbonyl (C=O) groups excluding carboxylic acids is 4. The Morgan fingerprint density at radius 3 is 2.34 bits per heavy atom. The summed E-state index contributed by atoms with van der Waals surface area (Å²) in [5, 5.41) is -0.800. The summed E-state index contributed by atoms with van der Waals surface area (Å²) in [4.78, 5) is 51.4. The van der Waals surface area contributed by atoms with Crippen LogP contribution in [-0.4, -0.2) is 55.4 Å². The van der Waals surface area contributed by atoms with Crippen molar-refractivity contribution >= 4 is 63.7 Å². The highest BCUT2D eigenvalue weighted by Crippen LogP contribution is 2.36. The van der Waals surface area contributed by atoms with Gasteiger partial charge >= 0.3 is 11.3 Å². The van der Waals surface area contributed by atoms with Crippen molar-refractivity contribution in [2.75, 3.05) is 37.2 Å². The Labute approximate surface area is 217 Å². The molecule has 0 saturated heterocycles. The van der Waals surface area contributed by atoms with Crippen molar-refractivity contribution < 1.29 is 37.8 Å². The van der Waals surface area contributed by atoms with E-state index >= 15 is 0 Å². The zero-order chi connectivity index (χ0) is 26.0. The molecule has 2 rings (SSSR count). The molecule has 1 aliphatic carbocycles. The third kappa shape index (κ3) is 7.93. The summed E-state index contributed by atoms with van der Waals surface area (Å²) in [6, 6.07) is 1.99. The lowest BCUT2D eigenvalue weighted by Crippen LogP contribution is -2.40. The van der Waals surface area contributed by atoms with E-state index in [1.165, 1.54) is 0 Å². The second kappa shape index (κ2) is 14.4. The standard InChI is InChI=1S/C23H26Cl2FNO7S/c1-3-32-9-10-34-22(30)15-8-6-5-7-14(15)21(29)27(20(28)13-24)18-12-19(16(25)11-17(18)26)35-23(31)33-4-2/h11-12H,3-10,13H2,1-2H3. The molecule has 8 nitrogen and oxygen atoms in total. The van der Waals surface area contributed by atoms with Crippen molar-refractivity contribution in [3.8, 4) is 0 Å². The number of benzene rings is 1. The van der Waals surface area contributed by atoms with Gasteiger partial charge in [-0.15, -0.1) is 11.6 Å². The minimum Gasteiger partial charge on any atom is -0.460 e. The topological polar surface area (TPSA) is 99.2 Å². The van der Waals surface area contributed by atoms with Crippen LogP contribution in [0.1, 0.15) is 39.5 Å². The molecule has 1 aliphatic rings. The number of rotatable bonds is 10. The molecule has 0 atom stereocenters. The first-order chi connectivity index (χ1) is 16.7. The van der Waals surface area contributed by atoms with Crippen LogP contribution in [0.5, 0.6) is 0 Å². The molecule has 0 saturated carbocycles. The normalized spacial score (nSPS) is 13.4. The van der Waals surface area contributed by atoms with Crippen LogP contribution in [0.25, 0.3) is 0 Å². The highest BCUT2D eigenvalue weighted by Gasteiger charge is 2.33. The van der Waals surface area contributed by atoms with Crippen LogP contribution in [0.2, 0.25) is 5.02 Å². The number of hydrogen-bond donors (Lipinski definition) is 0. The Morgan fingerprint density at radius 2 is 1.71 bits per heavy atom. The van der Waals surface area contributed by atoms with E-state index in [1.807, 2.05) is 0 Å². The molecule has 0 heterocycles. The van der Waals surface area contributed by atoms with E-state index in [1.54, 1.807) is 13.8 Å². The van der Waals surface area contributed by atoms with Gasteiger partial charge in [-0.25, -0.2) is 18.9 Å². The summed E-state index contributed by atoms with van der Waals surface area (Å²) in [6.45, 7) is 4.20. The van der Waals surface area contributed by atoms with E-state index in [-0.39, 0.29) is 53.7 Å². The van der Waals surface area contributed by atoms with Gasteiger partial charge in [-0.3, -0.25) is 9.59 Å². The van der Waals surface area contributed by atoms with Crippen molar-refractivity contribution in [2.24, 2.45) is 0 Å². The van der Waals surface area contributed by atoms with Crippen LogP contribution in [-0.2, 0) is 28.6 Å². The Hall–Kier alpha value is -2.14. The predicted molar refractivity (Wildman–Crippen MR) is 130 cm³/mol. The lowest BCUT2D eigenvalue weighted by Gasteiger charge is -2.26. The average Bonchev–Trinajstić information content (AvgIpc) is 2.84. The SMILES string of the molecule is CCOCCOC(=O)C1=C(C(=O)N(C(=O)CCl)c2cc(SC(=O)OCC)c(Cl)cc2F)CCCC1. The first-order valence-electron chi connectivity index (χ1n) is 11.0. The molecule has 35 heavy (non-hydrogen) atoms. The van der Waals surface area contributed by atoms with Crippen LogP contribution in [0, 0.1) is 5.82 Å². The molecule has 0 unspecified atom stereocenters. The van der Waals surface area contributed by atoms with Crippen LogP contribution in [0.15, 0.2) is 28.2 Å². The Bertz CT molecular complexity index is 1000. The molecule has 0 radical (unpaired) electrons. The van der Waals surface area contributed by atoms with Crippen LogP contribution >= 0.6 is 35.0 Å². The molecule has 0 bridgehead atoms. The van der Waals surface area contributed by atoms with Crippen molar-refractivity contribution in [3.63, 3.8) is 0 Å². The zero-order valence-corrected chi connectivity index (χ0v) is 21.7. The highest BCUT2D eigenvalue weighted by atomic mass is 35.5. The second-order valence-corrected chi connectivity index (χ2v) is 8.84. The number of imide groups is 1. The Kier molecular flexibility index (Phi) is 12.0. The van der Waals surface area contributed by atoms with Crippen molar-refractivity contribution in [3.05, 3.63) is 34.1 Å². The average molecular weight is 550 g/mol. The van der Waals surface area contributed by atoms with Gasteiger partial charge in [-0.1, -0.05) is 11.6 Å². The predicted octanol–water partition coefficient (Wildman–Crippen LogP) is 5.28. The number of alkyl halides is 1. The van der Waals surface area contributed by atoms with Gasteiger partial charge in [0.25, 0.3) is 5.91 Å². The molecule has 12 heteroatoms. The van der Waals surface area contributed by atoms with Crippen LogP contribution in [0.3, 0.4) is 0 Å². The van der Waals surface area contributed by atoms with E-state index in [0.717, 1.165) is 12.1 Å². The maximum absolute atomic E-state index is 15.0. The summed E-state index contributed by atoms with van der Waals surface area (Å²) >= 11 is 12.4. The molecular weight excluding hydrogens is 524 g/mol. The Morgan fingerprint density at radius 1 is 1.03 bits per heavy atom. The summed E-state index contributed by atoms with van der Waals surface area (Å²) in [5.74, 6) is -4.10. The van der Waals surface area contributed by atoms with Gasteiger partial charge in [-0.2, -0.15) is 0 Å².